The van der Waals surface area contributed by atoms with Crippen LogP contribution >= 0.6 is 0 Å². The first-order valence-electron chi connectivity index (χ1n) is 7.62. The van der Waals surface area contributed by atoms with E-state index in [0.717, 1.165) is 36.7 Å². The van der Waals surface area contributed by atoms with Crippen molar-refractivity contribution in [2.75, 3.05) is 12.4 Å². The van der Waals surface area contributed by atoms with Gasteiger partial charge in [-0.05, 0) is 37.8 Å². The van der Waals surface area contributed by atoms with Crippen molar-refractivity contribution in [2.45, 2.75) is 52.0 Å². The number of aromatic nitrogens is 1. The molecule has 0 spiro atoms. The van der Waals surface area contributed by atoms with E-state index < -0.39 is 0 Å². The van der Waals surface area contributed by atoms with Gasteiger partial charge >= 0.3 is 0 Å². The molecule has 0 radical (unpaired) electrons. The van der Waals surface area contributed by atoms with E-state index in [9.17, 15) is 4.79 Å². The zero-order valence-corrected chi connectivity index (χ0v) is 12.7. The van der Waals surface area contributed by atoms with E-state index in [0.29, 0.717) is 5.56 Å². The number of pyridine rings is 1. The minimum atomic E-state index is 0.00871. The van der Waals surface area contributed by atoms with E-state index in [1.54, 1.807) is 0 Å². The molecule has 1 saturated carbocycles. The Morgan fingerprint density at radius 1 is 1.45 bits per heavy atom. The molecule has 2 N–H and O–H groups in total. The van der Waals surface area contributed by atoms with Crippen LogP contribution in [0.1, 0.15) is 55.6 Å². The van der Waals surface area contributed by atoms with Crippen LogP contribution in [0.15, 0.2) is 12.1 Å². The average Bonchev–Trinajstić information content (AvgIpc) is 3.22. The van der Waals surface area contributed by atoms with E-state index in [2.05, 4.69) is 29.5 Å². The Labute approximate surface area is 121 Å². The number of carbonyl (C=O) groups excluding carboxylic acids is 1. The second kappa shape index (κ2) is 6.73. The SMILES string of the molecule is CCCc1cc(C(=O)NC(C)CC2CC2)cc(NC)n1. The molecule has 1 atom stereocenters. The first-order chi connectivity index (χ1) is 9.62. The van der Waals surface area contributed by atoms with Crippen molar-refractivity contribution in [3.63, 3.8) is 0 Å². The maximum Gasteiger partial charge on any atom is 0.251 e. The summed E-state index contributed by atoms with van der Waals surface area (Å²) in [6, 6.07) is 3.97. The summed E-state index contributed by atoms with van der Waals surface area (Å²) in [7, 11) is 1.83. The van der Waals surface area contributed by atoms with E-state index in [4.69, 9.17) is 0 Å². The monoisotopic (exact) mass is 275 g/mol. The fourth-order valence-corrected chi connectivity index (χ4v) is 2.45. The van der Waals surface area contributed by atoms with Gasteiger partial charge in [0.1, 0.15) is 5.82 Å². The lowest BCUT2D eigenvalue weighted by Crippen LogP contribution is -2.33. The summed E-state index contributed by atoms with van der Waals surface area (Å²) < 4.78 is 0. The lowest BCUT2D eigenvalue weighted by molar-refractivity contribution is 0.0937. The summed E-state index contributed by atoms with van der Waals surface area (Å²) in [5, 5.41) is 6.12. The molecule has 1 amide bonds. The molecule has 0 aliphatic heterocycles. The van der Waals surface area contributed by atoms with Crippen molar-refractivity contribution in [3.8, 4) is 0 Å². The molecular weight excluding hydrogens is 250 g/mol. The number of anilines is 1. The third kappa shape index (κ3) is 4.22. The molecule has 4 heteroatoms. The number of hydrogen-bond acceptors (Lipinski definition) is 3. The molecule has 1 aromatic rings. The molecule has 1 unspecified atom stereocenters. The lowest BCUT2D eigenvalue weighted by atomic mass is 10.1. The minimum Gasteiger partial charge on any atom is -0.373 e. The van der Waals surface area contributed by atoms with Gasteiger partial charge < -0.3 is 10.6 Å². The summed E-state index contributed by atoms with van der Waals surface area (Å²) in [5.74, 6) is 1.59. The number of carbonyl (C=O) groups is 1. The van der Waals surface area contributed by atoms with Crippen LogP contribution in [-0.2, 0) is 6.42 Å². The quantitative estimate of drug-likeness (QED) is 0.804. The van der Waals surface area contributed by atoms with Crippen LogP contribution in [0.4, 0.5) is 5.82 Å². The lowest BCUT2D eigenvalue weighted by Gasteiger charge is -2.14. The number of amides is 1. The smallest absolute Gasteiger partial charge is 0.251 e. The molecule has 2 rings (SSSR count). The Bertz CT molecular complexity index is 469. The van der Waals surface area contributed by atoms with Gasteiger partial charge in [-0.3, -0.25) is 4.79 Å². The van der Waals surface area contributed by atoms with Crippen LogP contribution in [0.5, 0.6) is 0 Å². The fraction of sp³-hybridized carbons (Fsp3) is 0.625. The third-order valence-electron chi connectivity index (χ3n) is 3.66. The summed E-state index contributed by atoms with van der Waals surface area (Å²) in [4.78, 5) is 16.8. The minimum absolute atomic E-state index is 0.00871. The highest BCUT2D eigenvalue weighted by Gasteiger charge is 2.24. The second-order valence-corrected chi connectivity index (χ2v) is 5.79. The molecule has 4 nitrogen and oxygen atoms in total. The molecule has 0 aromatic carbocycles. The van der Waals surface area contributed by atoms with E-state index in [-0.39, 0.29) is 11.9 Å². The topological polar surface area (TPSA) is 54.0 Å². The Hall–Kier alpha value is -1.58. The third-order valence-corrected chi connectivity index (χ3v) is 3.66. The summed E-state index contributed by atoms with van der Waals surface area (Å²) in [5.41, 5.74) is 1.68. The first-order valence-corrected chi connectivity index (χ1v) is 7.62. The van der Waals surface area contributed by atoms with Gasteiger partial charge in [0.2, 0.25) is 0 Å². The fourth-order valence-electron chi connectivity index (χ4n) is 2.45. The highest BCUT2D eigenvalue weighted by Crippen LogP contribution is 2.33. The standard InChI is InChI=1S/C16H25N3O/c1-4-5-14-9-13(10-15(17-3)19-14)16(20)18-11(2)8-12-6-7-12/h9-12H,4-8H2,1-3H3,(H,17,19)(H,18,20). The van der Waals surface area contributed by atoms with Crippen molar-refractivity contribution in [1.29, 1.82) is 0 Å². The van der Waals surface area contributed by atoms with Gasteiger partial charge in [-0.1, -0.05) is 26.2 Å². The van der Waals surface area contributed by atoms with Crippen LogP contribution < -0.4 is 10.6 Å². The van der Waals surface area contributed by atoms with Crippen molar-refractivity contribution >= 4 is 11.7 Å². The zero-order valence-electron chi connectivity index (χ0n) is 12.7. The van der Waals surface area contributed by atoms with Gasteiger partial charge in [0.15, 0.2) is 0 Å². The second-order valence-electron chi connectivity index (χ2n) is 5.79. The van der Waals surface area contributed by atoms with Gasteiger partial charge in [-0.25, -0.2) is 4.98 Å². The number of rotatable bonds is 7. The maximum absolute atomic E-state index is 12.3. The molecule has 1 aliphatic rings. The molecule has 1 aromatic heterocycles. The Kier molecular flexibility index (Phi) is 4.99. The molecular formula is C16H25N3O. The maximum atomic E-state index is 12.3. The summed E-state index contributed by atoms with van der Waals surface area (Å²) in [6.07, 6.45) is 5.66. The van der Waals surface area contributed by atoms with Crippen LogP contribution in [0.2, 0.25) is 0 Å². The van der Waals surface area contributed by atoms with Crippen molar-refractivity contribution in [1.82, 2.24) is 10.3 Å². The van der Waals surface area contributed by atoms with Gasteiger partial charge in [-0.15, -0.1) is 0 Å². The van der Waals surface area contributed by atoms with Crippen molar-refractivity contribution in [3.05, 3.63) is 23.4 Å². The highest BCUT2D eigenvalue weighted by atomic mass is 16.1. The van der Waals surface area contributed by atoms with Gasteiger partial charge in [0.05, 0.1) is 0 Å². The van der Waals surface area contributed by atoms with Crippen LogP contribution in [0.3, 0.4) is 0 Å². The predicted molar refractivity (Wildman–Crippen MR) is 82.0 cm³/mol. The Morgan fingerprint density at radius 3 is 2.80 bits per heavy atom. The Morgan fingerprint density at radius 2 is 2.20 bits per heavy atom. The van der Waals surface area contributed by atoms with Gasteiger partial charge in [-0.2, -0.15) is 0 Å². The number of aryl methyl sites for hydroxylation is 1. The van der Waals surface area contributed by atoms with Crippen molar-refractivity contribution < 1.29 is 4.79 Å². The van der Waals surface area contributed by atoms with Gasteiger partial charge in [0.25, 0.3) is 5.91 Å². The molecule has 1 fully saturated rings. The van der Waals surface area contributed by atoms with Crippen LogP contribution in [0, 0.1) is 5.92 Å². The molecule has 110 valence electrons. The summed E-state index contributed by atoms with van der Waals surface area (Å²) >= 11 is 0. The number of nitrogens with one attached hydrogen (secondary N) is 2. The average molecular weight is 275 g/mol. The van der Waals surface area contributed by atoms with Gasteiger partial charge in [0, 0.05) is 24.3 Å². The van der Waals surface area contributed by atoms with Crippen LogP contribution in [-0.4, -0.2) is 24.0 Å². The molecule has 1 heterocycles. The number of hydrogen-bond donors (Lipinski definition) is 2. The van der Waals surface area contributed by atoms with Crippen molar-refractivity contribution in [2.24, 2.45) is 5.92 Å². The molecule has 20 heavy (non-hydrogen) atoms. The Balaban J connectivity index is 2.04. The van der Waals surface area contributed by atoms with E-state index in [1.165, 1.54) is 12.8 Å². The number of nitrogens with zero attached hydrogens (tertiary/aromatic N) is 1. The van der Waals surface area contributed by atoms with E-state index >= 15 is 0 Å². The largest absolute Gasteiger partial charge is 0.373 e. The molecule has 1 aliphatic carbocycles. The van der Waals surface area contributed by atoms with Crippen LogP contribution in [0.25, 0.3) is 0 Å². The molecule has 0 bridgehead atoms. The highest BCUT2D eigenvalue weighted by molar-refractivity contribution is 5.95. The van der Waals surface area contributed by atoms with E-state index in [1.807, 2.05) is 19.2 Å². The normalized spacial score (nSPS) is 15.8. The summed E-state index contributed by atoms with van der Waals surface area (Å²) in [6.45, 7) is 4.20. The molecule has 0 saturated heterocycles. The first kappa shape index (κ1) is 14.8. The zero-order chi connectivity index (χ0) is 14.5. The predicted octanol–water partition coefficient (Wildman–Crippen LogP) is 2.99.